The van der Waals surface area contributed by atoms with Crippen molar-refractivity contribution < 1.29 is 9.50 Å². The first-order valence-corrected chi connectivity index (χ1v) is 2.64. The third-order valence-electron chi connectivity index (χ3n) is 1.16. The van der Waals surface area contributed by atoms with Crippen LogP contribution in [0.3, 0.4) is 0 Å². The van der Waals surface area contributed by atoms with Crippen LogP contribution in [-0.4, -0.2) is 0 Å². The number of aryl methyl sites for hydroxylation is 1. The molecule has 0 bridgehead atoms. The lowest BCUT2D eigenvalue weighted by molar-refractivity contribution is 0.329. The van der Waals surface area contributed by atoms with Gasteiger partial charge in [-0.2, -0.15) is 0 Å². The summed E-state index contributed by atoms with van der Waals surface area (Å²) in [5, 5.41) is 10.5. The van der Waals surface area contributed by atoms with Crippen LogP contribution < -0.4 is 0 Å². The molecule has 0 fully saturated rings. The van der Waals surface area contributed by atoms with Crippen LogP contribution in [0.4, 0.5) is 4.39 Å². The minimum Gasteiger partial charge on any atom is -0.287 e. The second-order valence-electron chi connectivity index (χ2n) is 1.89. The molecule has 0 heterocycles. The van der Waals surface area contributed by atoms with Crippen molar-refractivity contribution in [2.75, 3.05) is 0 Å². The lowest BCUT2D eigenvalue weighted by Gasteiger charge is -1.92. The van der Waals surface area contributed by atoms with Gasteiger partial charge in [0.2, 0.25) is 5.75 Å². The summed E-state index contributed by atoms with van der Waals surface area (Å²) in [5.74, 6) is -1.17. The molecule has 0 saturated heterocycles. The van der Waals surface area contributed by atoms with Crippen molar-refractivity contribution >= 4 is 0 Å². The van der Waals surface area contributed by atoms with Crippen LogP contribution in [0.1, 0.15) is 5.56 Å². The summed E-state index contributed by atoms with van der Waals surface area (Å²) in [4.78, 5) is 0. The lowest BCUT2D eigenvalue weighted by atomic mass is 10.2. The summed E-state index contributed by atoms with van der Waals surface area (Å²) in [7, 11) is 0. The minimum absolute atomic E-state index is 0.405. The van der Waals surface area contributed by atoms with Gasteiger partial charge in [0.15, 0.2) is 5.82 Å². The van der Waals surface area contributed by atoms with Gasteiger partial charge in [-0.05, 0) is 18.6 Å². The molecule has 0 aliphatic carbocycles. The SMILES string of the molecule is Cc1cccc([O])c1F. The Bertz CT molecular complexity index is 200. The molecule has 0 aliphatic rings. The summed E-state index contributed by atoms with van der Waals surface area (Å²) >= 11 is 0. The van der Waals surface area contributed by atoms with Crippen molar-refractivity contribution in [2.45, 2.75) is 6.92 Å². The number of hydrogen-bond acceptors (Lipinski definition) is 0. The molecule has 0 atom stereocenters. The zero-order chi connectivity index (χ0) is 6.85. The maximum absolute atomic E-state index is 12.4. The van der Waals surface area contributed by atoms with E-state index in [1.165, 1.54) is 6.07 Å². The van der Waals surface area contributed by atoms with Crippen LogP contribution in [-0.2, 0) is 5.11 Å². The van der Waals surface area contributed by atoms with Gasteiger partial charge in [-0.3, -0.25) is 5.11 Å². The molecule has 1 aromatic rings. The van der Waals surface area contributed by atoms with Crippen molar-refractivity contribution in [3.63, 3.8) is 0 Å². The molecule has 0 aliphatic heterocycles. The molecular formula is C7H6FO. The van der Waals surface area contributed by atoms with E-state index in [4.69, 9.17) is 0 Å². The normalized spacial score (nSPS) is 9.56. The van der Waals surface area contributed by atoms with Gasteiger partial charge in [0.05, 0.1) is 0 Å². The maximum Gasteiger partial charge on any atom is 0.214 e. The molecule has 2 heteroatoms. The van der Waals surface area contributed by atoms with Gasteiger partial charge < -0.3 is 0 Å². The van der Waals surface area contributed by atoms with Crippen molar-refractivity contribution in [3.05, 3.63) is 29.6 Å². The average molecular weight is 125 g/mol. The third-order valence-corrected chi connectivity index (χ3v) is 1.16. The lowest BCUT2D eigenvalue weighted by Crippen LogP contribution is -1.78. The molecule has 1 nitrogen and oxygen atoms in total. The smallest absolute Gasteiger partial charge is 0.214 e. The van der Waals surface area contributed by atoms with Crippen molar-refractivity contribution in [1.82, 2.24) is 0 Å². The summed E-state index contributed by atoms with van der Waals surface area (Å²) < 4.78 is 12.4. The Labute approximate surface area is 52.8 Å². The van der Waals surface area contributed by atoms with E-state index in [9.17, 15) is 9.50 Å². The monoisotopic (exact) mass is 125 g/mol. The summed E-state index contributed by atoms with van der Waals surface area (Å²) in [6.07, 6.45) is 0. The van der Waals surface area contributed by atoms with E-state index < -0.39 is 11.6 Å². The van der Waals surface area contributed by atoms with E-state index in [2.05, 4.69) is 0 Å². The molecule has 0 N–H and O–H groups in total. The molecule has 9 heavy (non-hydrogen) atoms. The Hall–Kier alpha value is -1.05. The van der Waals surface area contributed by atoms with Crippen LogP contribution >= 0.6 is 0 Å². The average Bonchev–Trinajstić information content (AvgIpc) is 1.83. The molecule has 0 spiro atoms. The first-order chi connectivity index (χ1) is 4.22. The fourth-order valence-electron chi connectivity index (χ4n) is 0.621. The molecule has 1 rings (SSSR count). The highest BCUT2D eigenvalue weighted by Crippen LogP contribution is 2.17. The molecule has 1 radical (unpaired) electrons. The van der Waals surface area contributed by atoms with E-state index in [1.54, 1.807) is 19.1 Å². The van der Waals surface area contributed by atoms with Crippen LogP contribution in [0.2, 0.25) is 0 Å². The minimum atomic E-state index is -0.641. The van der Waals surface area contributed by atoms with Gasteiger partial charge >= 0.3 is 0 Å². The van der Waals surface area contributed by atoms with Crippen LogP contribution in [0.25, 0.3) is 0 Å². The van der Waals surface area contributed by atoms with Gasteiger partial charge in [0.25, 0.3) is 0 Å². The summed E-state index contributed by atoms with van der Waals surface area (Å²) in [5.41, 5.74) is 0.405. The molecule has 0 unspecified atom stereocenters. The summed E-state index contributed by atoms with van der Waals surface area (Å²) in [6.45, 7) is 1.57. The van der Waals surface area contributed by atoms with E-state index >= 15 is 0 Å². The molecule has 0 aromatic heterocycles. The zero-order valence-electron chi connectivity index (χ0n) is 5.02. The number of halogens is 1. The Balaban J connectivity index is 3.25. The molecule has 1 aromatic carbocycles. The number of hydrogen-bond donors (Lipinski definition) is 0. The fraction of sp³-hybridized carbons (Fsp3) is 0.143. The number of rotatable bonds is 0. The van der Waals surface area contributed by atoms with Gasteiger partial charge in [-0.15, -0.1) is 0 Å². The highest BCUT2D eigenvalue weighted by atomic mass is 19.1. The molecular weight excluding hydrogens is 119 g/mol. The topological polar surface area (TPSA) is 19.9 Å². The third kappa shape index (κ3) is 1.02. The second-order valence-corrected chi connectivity index (χ2v) is 1.89. The predicted molar refractivity (Wildman–Crippen MR) is 31.3 cm³/mol. The van der Waals surface area contributed by atoms with Crippen LogP contribution in [0.5, 0.6) is 5.75 Å². The highest BCUT2D eigenvalue weighted by Gasteiger charge is 2.01. The van der Waals surface area contributed by atoms with E-state index in [0.717, 1.165) is 0 Å². The molecule has 47 valence electrons. The Morgan fingerprint density at radius 2 is 2.11 bits per heavy atom. The fourth-order valence-corrected chi connectivity index (χ4v) is 0.621. The largest absolute Gasteiger partial charge is 0.287 e. The second kappa shape index (κ2) is 2.05. The van der Waals surface area contributed by atoms with Crippen molar-refractivity contribution in [1.29, 1.82) is 0 Å². The Morgan fingerprint density at radius 3 is 2.56 bits per heavy atom. The Morgan fingerprint density at radius 1 is 1.44 bits per heavy atom. The van der Waals surface area contributed by atoms with Crippen molar-refractivity contribution in [3.8, 4) is 5.75 Å². The maximum atomic E-state index is 12.4. The molecule has 0 saturated carbocycles. The Kier molecular flexibility index (Phi) is 1.39. The summed E-state index contributed by atoms with van der Waals surface area (Å²) in [6, 6.07) is 4.32. The predicted octanol–water partition coefficient (Wildman–Crippen LogP) is 2.28. The van der Waals surface area contributed by atoms with E-state index in [1.807, 2.05) is 0 Å². The van der Waals surface area contributed by atoms with Crippen molar-refractivity contribution in [2.24, 2.45) is 0 Å². The number of benzene rings is 1. The first kappa shape index (κ1) is 6.08. The van der Waals surface area contributed by atoms with Gasteiger partial charge in [-0.1, -0.05) is 12.1 Å². The van der Waals surface area contributed by atoms with Crippen LogP contribution in [0, 0.1) is 12.7 Å². The first-order valence-electron chi connectivity index (χ1n) is 2.64. The van der Waals surface area contributed by atoms with E-state index in [0.29, 0.717) is 5.56 Å². The van der Waals surface area contributed by atoms with Gasteiger partial charge in [0, 0.05) is 0 Å². The molecule has 0 amide bonds. The van der Waals surface area contributed by atoms with E-state index in [-0.39, 0.29) is 0 Å². The van der Waals surface area contributed by atoms with Gasteiger partial charge in [-0.25, -0.2) is 4.39 Å². The highest BCUT2D eigenvalue weighted by molar-refractivity contribution is 5.28. The quantitative estimate of drug-likeness (QED) is 0.507. The zero-order valence-corrected chi connectivity index (χ0v) is 5.02. The standard InChI is InChI=1S/C7H6FO/c1-5-3-2-4-6(9)7(5)8/h2-4H,1H3. The van der Waals surface area contributed by atoms with Gasteiger partial charge in [0.1, 0.15) is 0 Å². The van der Waals surface area contributed by atoms with Crippen LogP contribution in [0.15, 0.2) is 18.2 Å².